The Hall–Kier alpha value is -3.21. The number of carbonyl (C=O) groups excluding carboxylic acids is 2. The van der Waals surface area contributed by atoms with Gasteiger partial charge in [0.2, 0.25) is 5.91 Å². The predicted molar refractivity (Wildman–Crippen MR) is 157 cm³/mol. The Bertz CT molecular complexity index is 1200. The van der Waals surface area contributed by atoms with Gasteiger partial charge in [-0.25, -0.2) is 4.98 Å². The Labute approximate surface area is 246 Å². The van der Waals surface area contributed by atoms with E-state index in [1.54, 1.807) is 11.1 Å². The van der Waals surface area contributed by atoms with Crippen LogP contribution in [-0.4, -0.2) is 96.3 Å². The topological polar surface area (TPSA) is 114 Å². The van der Waals surface area contributed by atoms with Crippen molar-refractivity contribution in [3.8, 4) is 0 Å². The highest BCUT2D eigenvalue weighted by Gasteiger charge is 2.32. The normalized spacial score (nSPS) is 19.8. The molecule has 0 unspecified atom stereocenters. The number of morpholine rings is 1. The van der Waals surface area contributed by atoms with Gasteiger partial charge in [0.1, 0.15) is 5.82 Å². The number of halogens is 1. The highest BCUT2D eigenvalue weighted by Crippen LogP contribution is 2.27. The summed E-state index contributed by atoms with van der Waals surface area (Å²) in [6, 6.07) is 11.4. The molecule has 11 heteroatoms. The molecule has 2 N–H and O–H groups in total. The van der Waals surface area contributed by atoms with Crippen molar-refractivity contribution in [3.05, 3.63) is 58.7 Å². The molecule has 3 aliphatic rings. The molecule has 1 aromatic carbocycles. The summed E-state index contributed by atoms with van der Waals surface area (Å²) in [4.78, 5) is 41.7. The van der Waals surface area contributed by atoms with Crippen molar-refractivity contribution < 1.29 is 19.2 Å². The average molecular weight is 583 g/mol. The number of hydrogen-bond acceptors (Lipinski definition) is 8. The third-order valence-corrected chi connectivity index (χ3v) is 8.49. The first-order chi connectivity index (χ1) is 20.0. The Morgan fingerprint density at radius 1 is 0.951 bits per heavy atom. The molecule has 3 fully saturated rings. The summed E-state index contributed by atoms with van der Waals surface area (Å²) in [5.74, 6) is 0.878. The predicted octanol–water partition coefficient (Wildman–Crippen LogP) is 3.05. The van der Waals surface area contributed by atoms with Gasteiger partial charge in [0, 0.05) is 55.8 Å². The molecule has 5 rings (SSSR count). The second-order valence-corrected chi connectivity index (χ2v) is 11.4. The number of amides is 2. The first kappa shape index (κ1) is 29.3. The smallest absolute Gasteiger partial charge is 0.263 e. The number of benzene rings is 1. The van der Waals surface area contributed by atoms with Gasteiger partial charge in [-0.1, -0.05) is 28.9 Å². The van der Waals surface area contributed by atoms with E-state index in [4.69, 9.17) is 26.9 Å². The SMILES string of the molecule is Nc1cc(CN2CCC(C(=O)N3CCC(C(=NOCC(=O)N4CCOCC4)c4ccc(Cl)cc4)CC3)CC2)ccn1. The van der Waals surface area contributed by atoms with Crippen LogP contribution in [0.1, 0.15) is 36.8 Å². The number of hydrogen-bond donors (Lipinski definition) is 1. The first-order valence-corrected chi connectivity index (χ1v) is 14.9. The van der Waals surface area contributed by atoms with E-state index in [1.165, 1.54) is 0 Å². The number of nitrogens with zero attached hydrogens (tertiary/aromatic N) is 5. The minimum Gasteiger partial charge on any atom is -0.385 e. The van der Waals surface area contributed by atoms with Gasteiger partial charge < -0.3 is 25.1 Å². The van der Waals surface area contributed by atoms with E-state index in [0.717, 1.165) is 62.2 Å². The maximum atomic E-state index is 13.4. The van der Waals surface area contributed by atoms with Gasteiger partial charge in [0.25, 0.3) is 5.91 Å². The van der Waals surface area contributed by atoms with Crippen LogP contribution < -0.4 is 5.73 Å². The fourth-order valence-electron chi connectivity index (χ4n) is 5.87. The van der Waals surface area contributed by atoms with Gasteiger partial charge >= 0.3 is 0 Å². The number of ether oxygens (including phenoxy) is 1. The lowest BCUT2D eigenvalue weighted by Gasteiger charge is -2.37. The molecule has 2 aromatic rings. The standard InChI is InChI=1S/C30H39ClN6O4/c31-26-3-1-23(2-4-26)29(34-41-21-28(38)36-15-17-40-18-16-36)24-8-13-37(14-9-24)30(39)25-6-11-35(12-7-25)20-22-5-10-33-27(32)19-22/h1-5,10,19,24-25H,6-9,11-18,20-21H2,(H2,32,33). The second-order valence-electron chi connectivity index (χ2n) is 11.0. The summed E-state index contributed by atoms with van der Waals surface area (Å²) >= 11 is 6.13. The number of carbonyl (C=O) groups is 2. The zero-order valence-electron chi connectivity index (χ0n) is 23.4. The zero-order valence-corrected chi connectivity index (χ0v) is 24.2. The fraction of sp³-hybridized carbons (Fsp3) is 0.533. The monoisotopic (exact) mass is 582 g/mol. The number of likely N-dealkylation sites (tertiary alicyclic amines) is 2. The van der Waals surface area contributed by atoms with E-state index in [9.17, 15) is 9.59 Å². The van der Waals surface area contributed by atoms with Crippen molar-refractivity contribution in [2.75, 3.05) is 64.8 Å². The molecule has 0 radical (unpaired) electrons. The molecule has 220 valence electrons. The van der Waals surface area contributed by atoms with Crippen LogP contribution in [-0.2, 0) is 25.7 Å². The van der Waals surface area contributed by atoms with Crippen LogP contribution in [0.3, 0.4) is 0 Å². The molecular weight excluding hydrogens is 544 g/mol. The third-order valence-electron chi connectivity index (χ3n) is 8.24. The average Bonchev–Trinajstić information content (AvgIpc) is 3.00. The molecule has 2 amide bonds. The Balaban J connectivity index is 1.14. The quantitative estimate of drug-likeness (QED) is 0.376. The summed E-state index contributed by atoms with van der Waals surface area (Å²) in [5, 5.41) is 5.11. The fourth-order valence-corrected chi connectivity index (χ4v) is 5.99. The van der Waals surface area contributed by atoms with Crippen LogP contribution in [0.25, 0.3) is 0 Å². The van der Waals surface area contributed by atoms with Crippen molar-refractivity contribution >= 4 is 34.9 Å². The van der Waals surface area contributed by atoms with Gasteiger partial charge in [-0.05, 0) is 74.2 Å². The summed E-state index contributed by atoms with van der Waals surface area (Å²) in [5.41, 5.74) is 8.69. The largest absolute Gasteiger partial charge is 0.385 e. The van der Waals surface area contributed by atoms with Crippen molar-refractivity contribution in [2.24, 2.45) is 17.0 Å². The molecule has 4 heterocycles. The van der Waals surface area contributed by atoms with E-state index in [0.29, 0.717) is 50.2 Å². The van der Waals surface area contributed by atoms with Crippen LogP contribution in [0.15, 0.2) is 47.8 Å². The van der Waals surface area contributed by atoms with Crippen molar-refractivity contribution in [1.29, 1.82) is 0 Å². The number of nitrogens with two attached hydrogens (primary N) is 1. The lowest BCUT2D eigenvalue weighted by Crippen LogP contribution is -2.46. The summed E-state index contributed by atoms with van der Waals surface area (Å²) in [6.45, 7) is 6.09. The van der Waals surface area contributed by atoms with E-state index in [1.807, 2.05) is 41.3 Å². The van der Waals surface area contributed by atoms with Gasteiger partial charge in [0.05, 0.1) is 18.9 Å². The van der Waals surface area contributed by atoms with Crippen molar-refractivity contribution in [1.82, 2.24) is 19.7 Å². The number of piperidine rings is 2. The lowest BCUT2D eigenvalue weighted by molar-refractivity contribution is -0.140. The van der Waals surface area contributed by atoms with Crippen molar-refractivity contribution in [3.63, 3.8) is 0 Å². The van der Waals surface area contributed by atoms with E-state index >= 15 is 0 Å². The number of anilines is 1. The summed E-state index contributed by atoms with van der Waals surface area (Å²) in [6.07, 6.45) is 5.04. The first-order valence-electron chi connectivity index (χ1n) is 14.5. The Morgan fingerprint density at radius 3 is 2.32 bits per heavy atom. The van der Waals surface area contributed by atoms with E-state index in [2.05, 4.69) is 15.0 Å². The molecule has 0 atom stereocenters. The number of aromatic nitrogens is 1. The van der Waals surface area contributed by atoms with Crippen LogP contribution in [0.5, 0.6) is 0 Å². The number of oxime groups is 1. The minimum absolute atomic E-state index is 0.0595. The van der Waals surface area contributed by atoms with Gasteiger partial charge in [-0.15, -0.1) is 0 Å². The molecule has 0 aliphatic carbocycles. The number of nitrogen functional groups attached to an aromatic ring is 1. The Morgan fingerprint density at radius 2 is 1.63 bits per heavy atom. The molecule has 10 nitrogen and oxygen atoms in total. The van der Waals surface area contributed by atoms with E-state index in [-0.39, 0.29) is 30.3 Å². The van der Waals surface area contributed by atoms with E-state index < -0.39 is 0 Å². The molecular formula is C30H39ClN6O4. The third kappa shape index (κ3) is 7.96. The van der Waals surface area contributed by atoms with Gasteiger partial charge in [0.15, 0.2) is 6.61 Å². The number of rotatable bonds is 8. The lowest BCUT2D eigenvalue weighted by atomic mass is 9.87. The van der Waals surface area contributed by atoms with Crippen LogP contribution in [0.4, 0.5) is 5.82 Å². The molecule has 3 aliphatic heterocycles. The highest BCUT2D eigenvalue weighted by atomic mass is 35.5. The maximum absolute atomic E-state index is 13.4. The molecule has 0 saturated carbocycles. The van der Waals surface area contributed by atoms with Crippen LogP contribution >= 0.6 is 11.6 Å². The van der Waals surface area contributed by atoms with Gasteiger partial charge in [-0.3, -0.25) is 14.5 Å². The summed E-state index contributed by atoms with van der Waals surface area (Å²) in [7, 11) is 0. The molecule has 3 saturated heterocycles. The molecule has 1 aromatic heterocycles. The van der Waals surface area contributed by atoms with Crippen molar-refractivity contribution in [2.45, 2.75) is 32.2 Å². The molecule has 0 bridgehead atoms. The minimum atomic E-state index is -0.109. The molecule has 0 spiro atoms. The van der Waals surface area contributed by atoms with Gasteiger partial charge in [-0.2, -0.15) is 0 Å². The molecule has 41 heavy (non-hydrogen) atoms. The van der Waals surface area contributed by atoms with Crippen LogP contribution in [0.2, 0.25) is 5.02 Å². The van der Waals surface area contributed by atoms with Crippen LogP contribution in [0, 0.1) is 11.8 Å². The Kier molecular flexibility index (Phi) is 10.1. The zero-order chi connectivity index (χ0) is 28.6. The number of pyridine rings is 1. The highest BCUT2D eigenvalue weighted by molar-refractivity contribution is 6.30. The maximum Gasteiger partial charge on any atom is 0.263 e. The summed E-state index contributed by atoms with van der Waals surface area (Å²) < 4.78 is 5.32. The second kappa shape index (κ2) is 14.1.